The lowest BCUT2D eigenvalue weighted by atomic mass is 9.94. The molecule has 0 aromatic carbocycles. The molecule has 1 rings (SSSR count). The van der Waals surface area contributed by atoms with Crippen LogP contribution in [0.3, 0.4) is 0 Å². The third-order valence-electron chi connectivity index (χ3n) is 2.97. The summed E-state index contributed by atoms with van der Waals surface area (Å²) in [5.41, 5.74) is 5.77. The number of carbonyl (C=O) groups excluding carboxylic acids is 1. The first-order valence-corrected chi connectivity index (χ1v) is 5.67. The van der Waals surface area contributed by atoms with Gasteiger partial charge in [-0.25, -0.2) is 0 Å². The molecule has 1 saturated carbocycles. The van der Waals surface area contributed by atoms with E-state index in [-0.39, 0.29) is 17.9 Å². The highest BCUT2D eigenvalue weighted by Crippen LogP contribution is 2.17. The van der Waals surface area contributed by atoms with Gasteiger partial charge < -0.3 is 11.1 Å². The molecule has 3 N–H and O–H groups in total. The number of nitrogens with two attached hydrogens (primary N) is 1. The Morgan fingerprint density at radius 1 is 1.29 bits per heavy atom. The summed E-state index contributed by atoms with van der Waals surface area (Å²) < 4.78 is 0. The van der Waals surface area contributed by atoms with Gasteiger partial charge in [-0.1, -0.05) is 33.1 Å². The number of hydrogen-bond donors (Lipinski definition) is 2. The molecule has 0 saturated heterocycles. The molecule has 1 atom stereocenters. The van der Waals surface area contributed by atoms with E-state index in [1.807, 2.05) is 13.8 Å². The van der Waals surface area contributed by atoms with E-state index in [2.05, 4.69) is 5.32 Å². The Hall–Kier alpha value is -0.570. The van der Waals surface area contributed by atoms with E-state index in [0.29, 0.717) is 6.04 Å². The van der Waals surface area contributed by atoms with Crippen molar-refractivity contribution < 1.29 is 4.79 Å². The van der Waals surface area contributed by atoms with Gasteiger partial charge in [0.2, 0.25) is 5.91 Å². The van der Waals surface area contributed by atoms with Crippen LogP contribution in [0.25, 0.3) is 0 Å². The SMILES string of the molecule is CC(C)C(N)C(=O)NC1CCCCC1. The molecule has 1 unspecified atom stereocenters. The molecule has 3 nitrogen and oxygen atoms in total. The normalized spacial score (nSPS) is 20.9. The molecule has 3 heteroatoms. The largest absolute Gasteiger partial charge is 0.352 e. The molecular weight excluding hydrogens is 176 g/mol. The summed E-state index contributed by atoms with van der Waals surface area (Å²) in [5, 5.41) is 3.04. The third kappa shape index (κ3) is 3.29. The number of nitrogens with one attached hydrogen (secondary N) is 1. The fourth-order valence-electron chi connectivity index (χ4n) is 1.85. The average molecular weight is 198 g/mol. The Bertz CT molecular complexity index is 186. The van der Waals surface area contributed by atoms with E-state index in [9.17, 15) is 4.79 Å². The van der Waals surface area contributed by atoms with Crippen molar-refractivity contribution >= 4 is 5.91 Å². The Morgan fingerprint density at radius 2 is 1.86 bits per heavy atom. The molecule has 0 heterocycles. The molecule has 0 aromatic heterocycles. The van der Waals surface area contributed by atoms with Crippen molar-refractivity contribution in [1.29, 1.82) is 0 Å². The van der Waals surface area contributed by atoms with Crippen LogP contribution in [-0.4, -0.2) is 18.0 Å². The second-order valence-electron chi connectivity index (χ2n) is 4.61. The minimum atomic E-state index is -0.350. The molecular formula is C11H22N2O. The van der Waals surface area contributed by atoms with Gasteiger partial charge in [-0.3, -0.25) is 4.79 Å². The lowest BCUT2D eigenvalue weighted by Gasteiger charge is -2.25. The van der Waals surface area contributed by atoms with E-state index in [4.69, 9.17) is 5.73 Å². The van der Waals surface area contributed by atoms with Crippen LogP contribution in [0.2, 0.25) is 0 Å². The van der Waals surface area contributed by atoms with Crippen molar-refractivity contribution in [1.82, 2.24) is 5.32 Å². The Balaban J connectivity index is 2.31. The zero-order valence-corrected chi connectivity index (χ0v) is 9.25. The van der Waals surface area contributed by atoms with Crippen molar-refractivity contribution in [3.8, 4) is 0 Å². The highest BCUT2D eigenvalue weighted by atomic mass is 16.2. The lowest BCUT2D eigenvalue weighted by molar-refractivity contribution is -0.124. The predicted octanol–water partition coefficient (Wildman–Crippen LogP) is 1.42. The Kier molecular flexibility index (Phi) is 4.39. The average Bonchev–Trinajstić information content (AvgIpc) is 2.18. The molecule has 0 spiro atoms. The van der Waals surface area contributed by atoms with Gasteiger partial charge in [0.05, 0.1) is 6.04 Å². The molecule has 0 aliphatic heterocycles. The molecule has 14 heavy (non-hydrogen) atoms. The summed E-state index contributed by atoms with van der Waals surface area (Å²) >= 11 is 0. The van der Waals surface area contributed by atoms with Gasteiger partial charge in [-0.2, -0.15) is 0 Å². The first-order chi connectivity index (χ1) is 6.61. The monoisotopic (exact) mass is 198 g/mol. The molecule has 0 radical (unpaired) electrons. The molecule has 82 valence electrons. The smallest absolute Gasteiger partial charge is 0.237 e. The lowest BCUT2D eigenvalue weighted by Crippen LogP contribution is -2.48. The molecule has 1 aliphatic rings. The summed E-state index contributed by atoms with van der Waals surface area (Å²) in [7, 11) is 0. The summed E-state index contributed by atoms with van der Waals surface area (Å²) in [6, 6.07) is 0.0259. The van der Waals surface area contributed by atoms with Crippen LogP contribution >= 0.6 is 0 Å². The first kappa shape index (κ1) is 11.5. The predicted molar refractivity (Wildman–Crippen MR) is 57.8 cm³/mol. The minimum Gasteiger partial charge on any atom is -0.352 e. The van der Waals surface area contributed by atoms with Gasteiger partial charge >= 0.3 is 0 Å². The highest BCUT2D eigenvalue weighted by molar-refractivity contribution is 5.82. The standard InChI is InChI=1S/C11H22N2O/c1-8(2)10(12)11(14)13-9-6-4-3-5-7-9/h8-10H,3-7,12H2,1-2H3,(H,13,14). The van der Waals surface area contributed by atoms with E-state index < -0.39 is 0 Å². The summed E-state index contributed by atoms with van der Waals surface area (Å²) in [6.45, 7) is 3.95. The van der Waals surface area contributed by atoms with Gasteiger partial charge in [0.15, 0.2) is 0 Å². The van der Waals surface area contributed by atoms with Gasteiger partial charge in [0, 0.05) is 6.04 Å². The number of hydrogen-bond acceptors (Lipinski definition) is 2. The zero-order chi connectivity index (χ0) is 10.6. The van der Waals surface area contributed by atoms with Crippen molar-refractivity contribution in [3.63, 3.8) is 0 Å². The second kappa shape index (κ2) is 5.35. The molecule has 0 aromatic rings. The topological polar surface area (TPSA) is 55.1 Å². The van der Waals surface area contributed by atoms with Gasteiger partial charge in [0.25, 0.3) is 0 Å². The van der Waals surface area contributed by atoms with Crippen LogP contribution in [0.15, 0.2) is 0 Å². The zero-order valence-electron chi connectivity index (χ0n) is 9.25. The van der Waals surface area contributed by atoms with Crippen LogP contribution in [-0.2, 0) is 4.79 Å². The number of rotatable bonds is 3. The van der Waals surface area contributed by atoms with Gasteiger partial charge in [0.1, 0.15) is 0 Å². The Morgan fingerprint density at radius 3 is 2.36 bits per heavy atom. The van der Waals surface area contributed by atoms with Gasteiger partial charge in [-0.15, -0.1) is 0 Å². The minimum absolute atomic E-state index is 0.0203. The van der Waals surface area contributed by atoms with Crippen molar-refractivity contribution in [2.24, 2.45) is 11.7 Å². The maximum atomic E-state index is 11.6. The van der Waals surface area contributed by atoms with Crippen LogP contribution < -0.4 is 11.1 Å². The molecule has 0 bridgehead atoms. The third-order valence-corrected chi connectivity index (χ3v) is 2.97. The van der Waals surface area contributed by atoms with Crippen LogP contribution in [0, 0.1) is 5.92 Å². The highest BCUT2D eigenvalue weighted by Gasteiger charge is 2.21. The summed E-state index contributed by atoms with van der Waals surface area (Å²) in [5.74, 6) is 0.241. The Labute approximate surface area is 86.4 Å². The fraction of sp³-hybridized carbons (Fsp3) is 0.909. The number of amides is 1. The van der Waals surface area contributed by atoms with Crippen molar-refractivity contribution in [2.75, 3.05) is 0 Å². The maximum Gasteiger partial charge on any atom is 0.237 e. The van der Waals surface area contributed by atoms with Crippen LogP contribution in [0.4, 0.5) is 0 Å². The van der Waals surface area contributed by atoms with Crippen molar-refractivity contribution in [3.05, 3.63) is 0 Å². The van der Waals surface area contributed by atoms with Gasteiger partial charge in [-0.05, 0) is 18.8 Å². The maximum absolute atomic E-state index is 11.6. The van der Waals surface area contributed by atoms with Crippen LogP contribution in [0.1, 0.15) is 46.0 Å². The number of carbonyl (C=O) groups is 1. The molecule has 1 amide bonds. The van der Waals surface area contributed by atoms with E-state index >= 15 is 0 Å². The summed E-state index contributed by atoms with van der Waals surface area (Å²) in [4.78, 5) is 11.6. The first-order valence-electron chi connectivity index (χ1n) is 5.67. The molecule has 1 aliphatic carbocycles. The van der Waals surface area contributed by atoms with E-state index in [1.165, 1.54) is 19.3 Å². The second-order valence-corrected chi connectivity index (χ2v) is 4.61. The van der Waals surface area contributed by atoms with E-state index in [0.717, 1.165) is 12.8 Å². The van der Waals surface area contributed by atoms with Crippen molar-refractivity contribution in [2.45, 2.75) is 58.0 Å². The molecule has 1 fully saturated rings. The quantitative estimate of drug-likeness (QED) is 0.720. The summed E-state index contributed by atoms with van der Waals surface area (Å²) in [6.07, 6.45) is 6.03. The van der Waals surface area contributed by atoms with Crippen LogP contribution in [0.5, 0.6) is 0 Å². The van der Waals surface area contributed by atoms with E-state index in [1.54, 1.807) is 0 Å². The fourth-order valence-corrected chi connectivity index (χ4v) is 1.85.